The molecule has 0 unspecified atom stereocenters. The summed E-state index contributed by atoms with van der Waals surface area (Å²) in [4.78, 5) is 4.36. The maximum absolute atomic E-state index is 4.36. The zero-order valence-corrected chi connectivity index (χ0v) is 9.26. The fraction of sp³-hybridized carbons (Fsp3) is 0.500. The SMILES string of the molecule is CNC1(Cc2ncccc2Br)CC1. The molecule has 3 heteroatoms. The molecule has 1 fully saturated rings. The van der Waals surface area contributed by atoms with Gasteiger partial charge in [0.2, 0.25) is 0 Å². The number of rotatable bonds is 3. The smallest absolute Gasteiger partial charge is 0.0563 e. The van der Waals surface area contributed by atoms with E-state index in [9.17, 15) is 0 Å². The third-order valence-electron chi connectivity index (χ3n) is 2.72. The summed E-state index contributed by atoms with van der Waals surface area (Å²) in [6.45, 7) is 0. The number of hydrogen-bond acceptors (Lipinski definition) is 2. The van der Waals surface area contributed by atoms with E-state index >= 15 is 0 Å². The average molecular weight is 241 g/mol. The summed E-state index contributed by atoms with van der Waals surface area (Å²) in [7, 11) is 2.03. The molecule has 2 rings (SSSR count). The van der Waals surface area contributed by atoms with E-state index in [-0.39, 0.29) is 0 Å². The lowest BCUT2D eigenvalue weighted by molar-refractivity contribution is 0.541. The van der Waals surface area contributed by atoms with Crippen LogP contribution in [0, 0.1) is 0 Å². The minimum Gasteiger partial charge on any atom is -0.314 e. The fourth-order valence-corrected chi connectivity index (χ4v) is 1.93. The van der Waals surface area contributed by atoms with Gasteiger partial charge < -0.3 is 5.32 Å². The van der Waals surface area contributed by atoms with Crippen molar-refractivity contribution in [2.24, 2.45) is 0 Å². The molecule has 0 amide bonds. The van der Waals surface area contributed by atoms with E-state index in [0.717, 1.165) is 16.6 Å². The van der Waals surface area contributed by atoms with E-state index in [2.05, 4.69) is 26.2 Å². The molecular weight excluding hydrogens is 228 g/mol. The number of halogens is 1. The second-order valence-electron chi connectivity index (χ2n) is 3.64. The molecule has 1 heterocycles. The lowest BCUT2D eigenvalue weighted by Gasteiger charge is -2.13. The van der Waals surface area contributed by atoms with Gasteiger partial charge in [-0.1, -0.05) is 0 Å². The molecule has 1 aromatic heterocycles. The molecule has 0 aliphatic heterocycles. The highest BCUT2D eigenvalue weighted by Crippen LogP contribution is 2.38. The lowest BCUT2D eigenvalue weighted by Crippen LogP contribution is -2.30. The first kappa shape index (κ1) is 9.16. The van der Waals surface area contributed by atoms with Crippen LogP contribution in [-0.4, -0.2) is 17.6 Å². The third kappa shape index (κ3) is 1.92. The van der Waals surface area contributed by atoms with Crippen LogP contribution < -0.4 is 5.32 Å². The van der Waals surface area contributed by atoms with Crippen molar-refractivity contribution in [2.75, 3.05) is 7.05 Å². The molecule has 1 aliphatic carbocycles. The molecule has 0 saturated heterocycles. The zero-order chi connectivity index (χ0) is 9.31. The van der Waals surface area contributed by atoms with Gasteiger partial charge in [-0.3, -0.25) is 4.98 Å². The van der Waals surface area contributed by atoms with Crippen molar-refractivity contribution in [1.29, 1.82) is 0 Å². The quantitative estimate of drug-likeness (QED) is 0.876. The van der Waals surface area contributed by atoms with Gasteiger partial charge in [0, 0.05) is 22.6 Å². The highest BCUT2D eigenvalue weighted by Gasteiger charge is 2.41. The summed E-state index contributed by atoms with van der Waals surface area (Å²) >= 11 is 3.52. The van der Waals surface area contributed by atoms with Gasteiger partial charge in [0.1, 0.15) is 0 Å². The monoisotopic (exact) mass is 240 g/mol. The number of nitrogens with one attached hydrogen (secondary N) is 1. The van der Waals surface area contributed by atoms with Crippen molar-refractivity contribution in [1.82, 2.24) is 10.3 Å². The van der Waals surface area contributed by atoms with E-state index in [4.69, 9.17) is 0 Å². The van der Waals surface area contributed by atoms with Crippen LogP contribution in [0.3, 0.4) is 0 Å². The molecule has 1 saturated carbocycles. The van der Waals surface area contributed by atoms with Crippen molar-refractivity contribution >= 4 is 15.9 Å². The first-order valence-electron chi connectivity index (χ1n) is 4.54. The number of pyridine rings is 1. The Balaban J connectivity index is 2.14. The third-order valence-corrected chi connectivity index (χ3v) is 3.45. The summed E-state index contributed by atoms with van der Waals surface area (Å²) in [5.74, 6) is 0. The summed E-state index contributed by atoms with van der Waals surface area (Å²) < 4.78 is 1.12. The number of aromatic nitrogens is 1. The average Bonchev–Trinajstić information content (AvgIpc) is 2.90. The Labute approximate surface area is 86.9 Å². The number of hydrogen-bond donors (Lipinski definition) is 1. The molecule has 1 aromatic rings. The molecule has 1 aliphatic rings. The van der Waals surface area contributed by atoms with Gasteiger partial charge in [-0.2, -0.15) is 0 Å². The summed E-state index contributed by atoms with van der Waals surface area (Å²) in [5, 5.41) is 3.37. The first-order valence-corrected chi connectivity index (χ1v) is 5.33. The number of nitrogens with zero attached hydrogens (tertiary/aromatic N) is 1. The van der Waals surface area contributed by atoms with Gasteiger partial charge in [0.25, 0.3) is 0 Å². The highest BCUT2D eigenvalue weighted by molar-refractivity contribution is 9.10. The van der Waals surface area contributed by atoms with Crippen LogP contribution in [0.4, 0.5) is 0 Å². The van der Waals surface area contributed by atoms with Gasteiger partial charge >= 0.3 is 0 Å². The Kier molecular flexibility index (Phi) is 2.39. The molecule has 70 valence electrons. The van der Waals surface area contributed by atoms with Crippen molar-refractivity contribution < 1.29 is 0 Å². The van der Waals surface area contributed by atoms with Crippen LogP contribution in [0.25, 0.3) is 0 Å². The molecule has 0 atom stereocenters. The second kappa shape index (κ2) is 3.39. The summed E-state index contributed by atoms with van der Waals surface area (Å²) in [5.41, 5.74) is 1.51. The van der Waals surface area contributed by atoms with Crippen LogP contribution in [0.5, 0.6) is 0 Å². The van der Waals surface area contributed by atoms with E-state index < -0.39 is 0 Å². The fourth-order valence-electron chi connectivity index (χ4n) is 1.54. The second-order valence-corrected chi connectivity index (χ2v) is 4.49. The van der Waals surface area contributed by atoms with Gasteiger partial charge in [-0.05, 0) is 48.0 Å². The largest absolute Gasteiger partial charge is 0.314 e. The predicted molar refractivity (Wildman–Crippen MR) is 56.7 cm³/mol. The lowest BCUT2D eigenvalue weighted by atomic mass is 10.1. The van der Waals surface area contributed by atoms with Gasteiger partial charge in [-0.25, -0.2) is 0 Å². The van der Waals surface area contributed by atoms with E-state index in [1.54, 1.807) is 0 Å². The van der Waals surface area contributed by atoms with E-state index in [1.807, 2.05) is 25.4 Å². The van der Waals surface area contributed by atoms with Gasteiger partial charge in [-0.15, -0.1) is 0 Å². The molecular formula is C10H13BrN2. The summed E-state index contributed by atoms with van der Waals surface area (Å²) in [6, 6.07) is 4.00. The molecule has 0 aromatic carbocycles. The van der Waals surface area contributed by atoms with E-state index in [0.29, 0.717) is 5.54 Å². The Morgan fingerprint density at radius 3 is 2.92 bits per heavy atom. The first-order chi connectivity index (χ1) is 6.26. The van der Waals surface area contributed by atoms with Crippen molar-refractivity contribution in [2.45, 2.75) is 24.8 Å². The predicted octanol–water partition coefficient (Wildman–Crippen LogP) is 2.14. The molecule has 2 nitrogen and oxygen atoms in total. The van der Waals surface area contributed by atoms with Gasteiger partial charge in [0.15, 0.2) is 0 Å². The minimum absolute atomic E-state index is 0.344. The maximum Gasteiger partial charge on any atom is 0.0563 e. The van der Waals surface area contributed by atoms with Crippen molar-refractivity contribution in [3.63, 3.8) is 0 Å². The van der Waals surface area contributed by atoms with Crippen molar-refractivity contribution in [3.8, 4) is 0 Å². The number of likely N-dealkylation sites (N-methyl/N-ethyl adjacent to an activating group) is 1. The van der Waals surface area contributed by atoms with Crippen LogP contribution in [0.1, 0.15) is 18.5 Å². The Morgan fingerprint density at radius 2 is 2.38 bits per heavy atom. The zero-order valence-electron chi connectivity index (χ0n) is 7.68. The molecule has 0 spiro atoms. The molecule has 0 radical (unpaired) electrons. The maximum atomic E-state index is 4.36. The summed E-state index contributed by atoms with van der Waals surface area (Å²) in [6.07, 6.45) is 5.43. The molecule has 1 N–H and O–H groups in total. The van der Waals surface area contributed by atoms with E-state index in [1.165, 1.54) is 12.8 Å². The Morgan fingerprint density at radius 1 is 1.62 bits per heavy atom. The van der Waals surface area contributed by atoms with Crippen molar-refractivity contribution in [3.05, 3.63) is 28.5 Å². The normalized spacial score (nSPS) is 18.6. The van der Waals surface area contributed by atoms with Crippen LogP contribution in [0.15, 0.2) is 22.8 Å². The highest BCUT2D eigenvalue weighted by atomic mass is 79.9. The standard InChI is InChI=1S/C10H13BrN2/c1-12-10(4-5-10)7-9-8(11)3-2-6-13-9/h2-3,6,12H,4-5,7H2,1H3. The van der Waals surface area contributed by atoms with Crippen LogP contribution in [-0.2, 0) is 6.42 Å². The molecule has 0 bridgehead atoms. The van der Waals surface area contributed by atoms with Crippen LogP contribution in [0.2, 0.25) is 0 Å². The Hall–Kier alpha value is -0.410. The van der Waals surface area contributed by atoms with Crippen LogP contribution >= 0.6 is 15.9 Å². The molecule has 13 heavy (non-hydrogen) atoms. The van der Waals surface area contributed by atoms with Gasteiger partial charge in [0.05, 0.1) is 5.69 Å². The minimum atomic E-state index is 0.344. The topological polar surface area (TPSA) is 24.9 Å². The Bertz CT molecular complexity index is 308.